The first kappa shape index (κ1) is 14.2. The van der Waals surface area contributed by atoms with Crippen molar-refractivity contribution in [3.05, 3.63) is 34.3 Å². The van der Waals surface area contributed by atoms with E-state index < -0.39 is 11.5 Å². The minimum atomic E-state index is -3.07. The molecule has 0 atom stereocenters. The normalized spacial score (nSPS) is 18.1. The van der Waals surface area contributed by atoms with Crippen LogP contribution in [0.25, 0.3) is 0 Å². The third kappa shape index (κ3) is 2.56. The molecule has 0 unspecified atom stereocenters. The molecule has 1 aliphatic rings. The van der Waals surface area contributed by atoms with Gasteiger partial charge in [-0.2, -0.15) is 4.99 Å². The van der Waals surface area contributed by atoms with Crippen molar-refractivity contribution in [1.29, 1.82) is 0 Å². The van der Waals surface area contributed by atoms with Crippen molar-refractivity contribution in [3.63, 3.8) is 0 Å². The van der Waals surface area contributed by atoms with Crippen LogP contribution in [0, 0.1) is 0 Å². The second kappa shape index (κ2) is 5.03. The molecule has 5 heteroatoms. The molecule has 0 N–H and O–H groups in total. The lowest BCUT2D eigenvalue weighted by molar-refractivity contribution is 0.0154. The van der Waals surface area contributed by atoms with Crippen LogP contribution in [0.5, 0.6) is 0 Å². The predicted octanol–water partition coefficient (Wildman–Crippen LogP) is 4.56. The van der Waals surface area contributed by atoms with E-state index in [4.69, 9.17) is 11.6 Å². The second-order valence-electron chi connectivity index (χ2n) is 4.99. The molecular weight excluding hydrogens is 272 g/mol. The SMILES string of the molecule is CC(F)(F)c1c(Cl)cccc1C1(N=C=O)CCCC1. The van der Waals surface area contributed by atoms with Crippen LogP contribution in [0.3, 0.4) is 0 Å². The molecule has 0 aliphatic heterocycles. The van der Waals surface area contributed by atoms with Crippen LogP contribution in [0.1, 0.15) is 43.7 Å². The molecule has 102 valence electrons. The third-order valence-corrected chi connectivity index (χ3v) is 3.96. The molecule has 0 radical (unpaired) electrons. The maximum Gasteiger partial charge on any atom is 0.272 e. The number of benzene rings is 1. The molecule has 0 bridgehead atoms. The molecular formula is C14H14ClF2NO. The fourth-order valence-corrected chi connectivity index (χ4v) is 3.19. The van der Waals surface area contributed by atoms with Gasteiger partial charge in [0.05, 0.1) is 10.6 Å². The van der Waals surface area contributed by atoms with Crippen molar-refractivity contribution in [2.45, 2.75) is 44.1 Å². The molecule has 2 nitrogen and oxygen atoms in total. The molecule has 1 fully saturated rings. The number of alkyl halides is 2. The van der Waals surface area contributed by atoms with Crippen molar-refractivity contribution in [2.75, 3.05) is 0 Å². The van der Waals surface area contributed by atoms with Gasteiger partial charge in [-0.25, -0.2) is 13.6 Å². The van der Waals surface area contributed by atoms with Gasteiger partial charge in [-0.15, -0.1) is 0 Å². The summed E-state index contributed by atoms with van der Waals surface area (Å²) in [6.07, 6.45) is 4.39. The van der Waals surface area contributed by atoms with Crippen molar-refractivity contribution < 1.29 is 13.6 Å². The number of rotatable bonds is 3. The predicted molar refractivity (Wildman–Crippen MR) is 69.3 cm³/mol. The number of hydrogen-bond acceptors (Lipinski definition) is 2. The summed E-state index contributed by atoms with van der Waals surface area (Å²) < 4.78 is 27.6. The molecule has 0 heterocycles. The van der Waals surface area contributed by atoms with Gasteiger partial charge in [0.15, 0.2) is 0 Å². The Morgan fingerprint density at radius 2 is 2.00 bits per heavy atom. The van der Waals surface area contributed by atoms with E-state index in [1.54, 1.807) is 12.1 Å². The summed E-state index contributed by atoms with van der Waals surface area (Å²) in [7, 11) is 0. The molecule has 0 spiro atoms. The van der Waals surface area contributed by atoms with Crippen LogP contribution < -0.4 is 0 Å². The van der Waals surface area contributed by atoms with Crippen LogP contribution in [0.15, 0.2) is 23.2 Å². The maximum absolute atomic E-state index is 13.8. The summed E-state index contributed by atoms with van der Waals surface area (Å²) in [6.45, 7) is 0.811. The average molecular weight is 286 g/mol. The average Bonchev–Trinajstić information content (AvgIpc) is 2.77. The summed E-state index contributed by atoms with van der Waals surface area (Å²) in [4.78, 5) is 14.5. The summed E-state index contributed by atoms with van der Waals surface area (Å²) in [6, 6.07) is 4.64. The Kier molecular flexibility index (Phi) is 3.75. The van der Waals surface area contributed by atoms with Crippen LogP contribution in [-0.2, 0) is 16.3 Å². The third-order valence-electron chi connectivity index (χ3n) is 3.64. The number of nitrogens with zero attached hydrogens (tertiary/aromatic N) is 1. The van der Waals surface area contributed by atoms with Gasteiger partial charge in [-0.3, -0.25) is 0 Å². The first-order chi connectivity index (χ1) is 8.91. The monoisotopic (exact) mass is 285 g/mol. The van der Waals surface area contributed by atoms with E-state index in [2.05, 4.69) is 4.99 Å². The molecule has 0 saturated heterocycles. The Balaban J connectivity index is 2.68. The molecule has 2 rings (SSSR count). The van der Waals surface area contributed by atoms with Crippen molar-refractivity contribution in [1.82, 2.24) is 0 Å². The lowest BCUT2D eigenvalue weighted by atomic mass is 9.84. The Morgan fingerprint density at radius 3 is 2.53 bits per heavy atom. The summed E-state index contributed by atoms with van der Waals surface area (Å²) in [5.74, 6) is -3.07. The number of carbonyl (C=O) groups excluding carboxylic acids is 1. The van der Waals surface area contributed by atoms with Crippen LogP contribution in [-0.4, -0.2) is 6.08 Å². The zero-order valence-electron chi connectivity index (χ0n) is 10.5. The summed E-state index contributed by atoms with van der Waals surface area (Å²) >= 11 is 5.93. The largest absolute Gasteiger partial charge is 0.272 e. The van der Waals surface area contributed by atoms with E-state index in [1.165, 1.54) is 12.1 Å². The van der Waals surface area contributed by atoms with Gasteiger partial charge in [0.25, 0.3) is 5.92 Å². The summed E-state index contributed by atoms with van der Waals surface area (Å²) in [5.41, 5.74) is -0.757. The zero-order chi connectivity index (χ0) is 14.1. The standard InChI is InChI=1S/C14H14ClF2NO/c1-13(16,17)12-10(5-4-6-11(12)15)14(18-9-19)7-2-3-8-14/h4-6H,2-3,7-8H2,1H3. The fourth-order valence-electron chi connectivity index (χ4n) is 2.85. The fraction of sp³-hybridized carbons (Fsp3) is 0.500. The Morgan fingerprint density at radius 1 is 1.37 bits per heavy atom. The highest BCUT2D eigenvalue weighted by molar-refractivity contribution is 6.31. The van der Waals surface area contributed by atoms with E-state index in [0.29, 0.717) is 18.4 Å². The van der Waals surface area contributed by atoms with E-state index in [9.17, 15) is 13.6 Å². The number of hydrogen-bond donors (Lipinski definition) is 0. The van der Waals surface area contributed by atoms with E-state index in [1.807, 2.05) is 0 Å². The van der Waals surface area contributed by atoms with Gasteiger partial charge in [0.1, 0.15) is 0 Å². The van der Waals surface area contributed by atoms with Gasteiger partial charge in [0, 0.05) is 12.5 Å². The Hall–Kier alpha value is -1.25. The van der Waals surface area contributed by atoms with Gasteiger partial charge in [0.2, 0.25) is 6.08 Å². The van der Waals surface area contributed by atoms with E-state index in [0.717, 1.165) is 19.8 Å². The lowest BCUT2D eigenvalue weighted by Gasteiger charge is -2.28. The maximum atomic E-state index is 13.8. The van der Waals surface area contributed by atoms with Gasteiger partial charge >= 0.3 is 0 Å². The topological polar surface area (TPSA) is 29.4 Å². The number of isocyanates is 1. The Bertz CT molecular complexity index is 527. The highest BCUT2D eigenvalue weighted by Gasteiger charge is 2.42. The smallest absolute Gasteiger partial charge is 0.211 e. The van der Waals surface area contributed by atoms with Gasteiger partial charge in [-0.05, 0) is 24.5 Å². The van der Waals surface area contributed by atoms with Gasteiger partial charge in [-0.1, -0.05) is 36.6 Å². The van der Waals surface area contributed by atoms with Crippen LogP contribution >= 0.6 is 11.6 Å². The van der Waals surface area contributed by atoms with Crippen molar-refractivity contribution in [3.8, 4) is 0 Å². The Labute approximate surface area is 115 Å². The molecule has 0 aromatic heterocycles. The number of halogens is 3. The minimum Gasteiger partial charge on any atom is -0.211 e. The molecule has 19 heavy (non-hydrogen) atoms. The number of aliphatic imine (C=N–C) groups is 1. The zero-order valence-corrected chi connectivity index (χ0v) is 11.3. The van der Waals surface area contributed by atoms with Crippen LogP contribution in [0.4, 0.5) is 8.78 Å². The first-order valence-electron chi connectivity index (χ1n) is 6.17. The summed E-state index contributed by atoms with van der Waals surface area (Å²) in [5, 5.41) is 0.0115. The highest BCUT2D eigenvalue weighted by Crippen LogP contribution is 2.48. The second-order valence-corrected chi connectivity index (χ2v) is 5.40. The molecule has 1 saturated carbocycles. The van der Waals surface area contributed by atoms with Gasteiger partial charge < -0.3 is 0 Å². The van der Waals surface area contributed by atoms with E-state index in [-0.39, 0.29) is 10.6 Å². The lowest BCUT2D eigenvalue weighted by Crippen LogP contribution is -2.25. The van der Waals surface area contributed by atoms with Crippen molar-refractivity contribution >= 4 is 17.7 Å². The molecule has 1 aromatic rings. The molecule has 0 amide bonds. The quantitative estimate of drug-likeness (QED) is 0.591. The molecule has 1 aromatic carbocycles. The molecule has 1 aliphatic carbocycles. The van der Waals surface area contributed by atoms with Crippen LogP contribution in [0.2, 0.25) is 5.02 Å². The van der Waals surface area contributed by atoms with E-state index >= 15 is 0 Å². The minimum absolute atomic E-state index is 0.0115. The highest BCUT2D eigenvalue weighted by atomic mass is 35.5. The first-order valence-corrected chi connectivity index (χ1v) is 6.55. The van der Waals surface area contributed by atoms with Crippen molar-refractivity contribution in [2.24, 2.45) is 4.99 Å².